The van der Waals surface area contributed by atoms with Gasteiger partial charge in [-0.3, -0.25) is 14.4 Å². The maximum Gasteiger partial charge on any atom is 0.244 e. The fraction of sp³-hybridized carbons (Fsp3) is 0.800. The summed E-state index contributed by atoms with van der Waals surface area (Å²) in [5.41, 5.74) is -0.0639. The highest BCUT2D eigenvalue weighted by Crippen LogP contribution is 2.32. The van der Waals surface area contributed by atoms with E-state index < -0.39 is 12.1 Å². The van der Waals surface area contributed by atoms with Crippen LogP contribution in [0.3, 0.4) is 0 Å². The summed E-state index contributed by atoms with van der Waals surface area (Å²) < 4.78 is 0. The van der Waals surface area contributed by atoms with E-state index in [0.29, 0.717) is 18.1 Å². The summed E-state index contributed by atoms with van der Waals surface area (Å²) in [5.74, 6) is 0.869. The SMILES string of the molecule is CSCC1NC(=O)C(CSC(=O)CC(C)(C)C(C)C)NC1=O. The van der Waals surface area contributed by atoms with E-state index in [2.05, 4.69) is 38.3 Å². The molecular formula is C15H26N2O3S2. The van der Waals surface area contributed by atoms with Gasteiger partial charge in [-0.05, 0) is 17.6 Å². The molecular weight excluding hydrogens is 320 g/mol. The van der Waals surface area contributed by atoms with Gasteiger partial charge in [0, 0.05) is 17.9 Å². The molecule has 0 bridgehead atoms. The first-order valence-corrected chi connectivity index (χ1v) is 9.80. The van der Waals surface area contributed by atoms with Crippen molar-refractivity contribution in [3.8, 4) is 0 Å². The Bertz CT molecular complexity index is 439. The Morgan fingerprint density at radius 3 is 2.09 bits per heavy atom. The molecule has 0 spiro atoms. The van der Waals surface area contributed by atoms with Gasteiger partial charge in [-0.1, -0.05) is 39.5 Å². The topological polar surface area (TPSA) is 75.3 Å². The van der Waals surface area contributed by atoms with Crippen LogP contribution in [0, 0.1) is 11.3 Å². The molecule has 1 saturated heterocycles. The molecule has 126 valence electrons. The van der Waals surface area contributed by atoms with Crippen LogP contribution in [0.4, 0.5) is 0 Å². The summed E-state index contributed by atoms with van der Waals surface area (Å²) in [6.07, 6.45) is 2.35. The van der Waals surface area contributed by atoms with Crippen molar-refractivity contribution in [3.05, 3.63) is 0 Å². The zero-order valence-electron chi connectivity index (χ0n) is 13.9. The van der Waals surface area contributed by atoms with Gasteiger partial charge in [0.2, 0.25) is 11.8 Å². The Labute approximate surface area is 141 Å². The van der Waals surface area contributed by atoms with Gasteiger partial charge in [0.05, 0.1) is 0 Å². The van der Waals surface area contributed by atoms with Gasteiger partial charge in [0.15, 0.2) is 5.12 Å². The molecule has 1 aliphatic heterocycles. The van der Waals surface area contributed by atoms with Crippen molar-refractivity contribution in [2.24, 2.45) is 11.3 Å². The minimum absolute atomic E-state index is 0.0620. The molecule has 0 aromatic rings. The largest absolute Gasteiger partial charge is 0.342 e. The van der Waals surface area contributed by atoms with Crippen molar-refractivity contribution < 1.29 is 14.4 Å². The second-order valence-corrected chi connectivity index (χ2v) is 8.57. The predicted molar refractivity (Wildman–Crippen MR) is 92.9 cm³/mol. The van der Waals surface area contributed by atoms with Gasteiger partial charge in [-0.2, -0.15) is 11.8 Å². The lowest BCUT2D eigenvalue weighted by atomic mass is 9.79. The second-order valence-electron chi connectivity index (χ2n) is 6.58. The molecule has 0 saturated carbocycles. The number of carbonyl (C=O) groups excluding carboxylic acids is 3. The summed E-state index contributed by atoms with van der Waals surface area (Å²) in [6, 6.07) is -1.10. The van der Waals surface area contributed by atoms with Crippen molar-refractivity contribution in [1.82, 2.24) is 10.6 Å². The molecule has 0 aromatic heterocycles. The Morgan fingerprint density at radius 1 is 1.14 bits per heavy atom. The van der Waals surface area contributed by atoms with Crippen molar-refractivity contribution in [3.63, 3.8) is 0 Å². The van der Waals surface area contributed by atoms with Gasteiger partial charge in [-0.25, -0.2) is 0 Å². The number of carbonyl (C=O) groups is 3. The van der Waals surface area contributed by atoms with Gasteiger partial charge in [0.25, 0.3) is 0 Å². The van der Waals surface area contributed by atoms with Crippen LogP contribution in [0.2, 0.25) is 0 Å². The molecule has 0 aromatic carbocycles. The smallest absolute Gasteiger partial charge is 0.244 e. The maximum absolute atomic E-state index is 12.1. The summed E-state index contributed by atoms with van der Waals surface area (Å²) in [4.78, 5) is 35.9. The number of hydrogen-bond acceptors (Lipinski definition) is 5. The summed E-state index contributed by atoms with van der Waals surface area (Å²) >= 11 is 2.64. The minimum atomic E-state index is -0.623. The number of nitrogens with one attached hydrogen (secondary N) is 2. The van der Waals surface area contributed by atoms with E-state index in [-0.39, 0.29) is 28.1 Å². The van der Waals surface area contributed by atoms with E-state index in [1.165, 1.54) is 11.8 Å². The molecule has 1 fully saturated rings. The fourth-order valence-electron chi connectivity index (χ4n) is 1.88. The quantitative estimate of drug-likeness (QED) is 0.733. The van der Waals surface area contributed by atoms with Crippen molar-refractivity contribution in [2.75, 3.05) is 17.8 Å². The zero-order valence-corrected chi connectivity index (χ0v) is 15.5. The van der Waals surface area contributed by atoms with Crippen LogP contribution in [0.25, 0.3) is 0 Å². The van der Waals surface area contributed by atoms with Crippen molar-refractivity contribution >= 4 is 40.5 Å². The van der Waals surface area contributed by atoms with E-state index >= 15 is 0 Å². The molecule has 1 aliphatic rings. The van der Waals surface area contributed by atoms with Crippen molar-refractivity contribution in [2.45, 2.75) is 46.2 Å². The lowest BCUT2D eigenvalue weighted by molar-refractivity contribution is -0.135. The molecule has 2 N–H and O–H groups in total. The van der Waals surface area contributed by atoms with Crippen molar-refractivity contribution in [1.29, 1.82) is 0 Å². The van der Waals surface area contributed by atoms with Crippen LogP contribution in [0.15, 0.2) is 0 Å². The number of thioether (sulfide) groups is 2. The Morgan fingerprint density at radius 2 is 1.64 bits per heavy atom. The van der Waals surface area contributed by atoms with Gasteiger partial charge >= 0.3 is 0 Å². The molecule has 22 heavy (non-hydrogen) atoms. The number of hydrogen-bond donors (Lipinski definition) is 2. The van der Waals surface area contributed by atoms with E-state index in [1.54, 1.807) is 0 Å². The van der Waals surface area contributed by atoms with Crippen LogP contribution in [0.1, 0.15) is 34.1 Å². The number of rotatable bonds is 7. The molecule has 2 atom stereocenters. The lowest BCUT2D eigenvalue weighted by Crippen LogP contribution is -2.63. The third kappa shape index (κ3) is 5.50. The highest BCUT2D eigenvalue weighted by molar-refractivity contribution is 8.13. The molecule has 5 nitrogen and oxygen atoms in total. The Kier molecular flexibility index (Phi) is 7.25. The highest BCUT2D eigenvalue weighted by Gasteiger charge is 2.34. The van der Waals surface area contributed by atoms with E-state index in [0.717, 1.165) is 11.8 Å². The van der Waals surface area contributed by atoms with Crippen LogP contribution < -0.4 is 10.6 Å². The standard InChI is InChI=1S/C15H26N2O3S2/c1-9(2)15(3,4)6-12(18)22-8-11-14(20)16-10(7-21-5)13(19)17-11/h9-11H,6-8H2,1-5H3,(H,16,20)(H,17,19). The van der Waals surface area contributed by atoms with Gasteiger partial charge < -0.3 is 10.6 Å². The summed E-state index contributed by atoms with van der Waals surface area (Å²) in [6.45, 7) is 8.33. The average molecular weight is 347 g/mol. The monoisotopic (exact) mass is 346 g/mol. The number of amides is 2. The van der Waals surface area contributed by atoms with E-state index in [1.807, 2.05) is 6.26 Å². The summed E-state index contributed by atoms with van der Waals surface area (Å²) in [5, 5.41) is 5.48. The van der Waals surface area contributed by atoms with Crippen LogP contribution in [0.5, 0.6) is 0 Å². The minimum Gasteiger partial charge on any atom is -0.342 e. The second kappa shape index (κ2) is 8.24. The molecule has 0 aliphatic carbocycles. The molecule has 2 amide bonds. The van der Waals surface area contributed by atoms with Crippen LogP contribution in [-0.2, 0) is 14.4 Å². The van der Waals surface area contributed by atoms with Gasteiger partial charge in [0.1, 0.15) is 12.1 Å². The fourth-order valence-corrected chi connectivity index (χ4v) is 3.51. The van der Waals surface area contributed by atoms with E-state index in [9.17, 15) is 14.4 Å². The Balaban J connectivity index is 2.47. The van der Waals surface area contributed by atoms with Crippen LogP contribution in [-0.4, -0.2) is 46.8 Å². The lowest BCUT2D eigenvalue weighted by Gasteiger charge is -2.30. The Hall–Kier alpha value is -0.690. The van der Waals surface area contributed by atoms with Crippen LogP contribution >= 0.6 is 23.5 Å². The highest BCUT2D eigenvalue weighted by atomic mass is 32.2. The molecule has 7 heteroatoms. The first-order chi connectivity index (χ1) is 10.2. The maximum atomic E-state index is 12.1. The average Bonchev–Trinajstić information content (AvgIpc) is 2.40. The molecule has 0 radical (unpaired) electrons. The first kappa shape index (κ1) is 19.4. The third-order valence-electron chi connectivity index (χ3n) is 4.17. The molecule has 2 unspecified atom stereocenters. The van der Waals surface area contributed by atoms with E-state index in [4.69, 9.17) is 0 Å². The summed E-state index contributed by atoms with van der Waals surface area (Å²) in [7, 11) is 0. The zero-order chi connectivity index (χ0) is 16.9. The first-order valence-electron chi connectivity index (χ1n) is 7.42. The molecule has 1 heterocycles. The number of piperazine rings is 1. The van der Waals surface area contributed by atoms with Gasteiger partial charge in [-0.15, -0.1) is 0 Å². The molecule has 1 rings (SSSR count). The normalized spacial score (nSPS) is 22.5. The third-order valence-corrected chi connectivity index (χ3v) is 5.81. The predicted octanol–water partition coefficient (Wildman–Crippen LogP) is 1.66.